The third-order valence-electron chi connectivity index (χ3n) is 3.10. The van der Waals surface area contributed by atoms with Gasteiger partial charge in [-0.05, 0) is 18.2 Å². The van der Waals surface area contributed by atoms with Crippen molar-refractivity contribution < 1.29 is 0 Å². The Morgan fingerprint density at radius 2 is 2.00 bits per heavy atom. The lowest BCUT2D eigenvalue weighted by atomic mass is 10.2. The number of rotatable bonds is 3. The van der Waals surface area contributed by atoms with Gasteiger partial charge in [0.1, 0.15) is 5.38 Å². The van der Waals surface area contributed by atoms with Gasteiger partial charge in [0.25, 0.3) is 0 Å². The summed E-state index contributed by atoms with van der Waals surface area (Å²) in [4.78, 5) is 4.53. The van der Waals surface area contributed by atoms with E-state index in [1.165, 1.54) is 0 Å². The Kier molecular flexibility index (Phi) is 4.71. The van der Waals surface area contributed by atoms with Crippen molar-refractivity contribution in [3.63, 3.8) is 0 Å². The zero-order valence-electron chi connectivity index (χ0n) is 10.0. The van der Waals surface area contributed by atoms with Crippen molar-refractivity contribution in [2.45, 2.75) is 5.38 Å². The normalized spacial score (nSPS) is 18.4. The van der Waals surface area contributed by atoms with Crippen LogP contribution in [0.25, 0.3) is 0 Å². The number of nitriles is 1. The van der Waals surface area contributed by atoms with Gasteiger partial charge in [-0.2, -0.15) is 5.26 Å². The quantitative estimate of drug-likeness (QED) is 0.799. The molecule has 0 spiro atoms. The number of benzene rings is 1. The van der Waals surface area contributed by atoms with E-state index in [0.29, 0.717) is 6.54 Å². The molecule has 1 fully saturated rings. The molecule has 1 aromatic rings. The van der Waals surface area contributed by atoms with Crippen LogP contribution in [0.15, 0.2) is 24.3 Å². The van der Waals surface area contributed by atoms with E-state index in [1.807, 2.05) is 18.2 Å². The summed E-state index contributed by atoms with van der Waals surface area (Å²) in [5.74, 6) is 0. The Hall–Kier alpha value is -0.950. The van der Waals surface area contributed by atoms with Crippen LogP contribution in [0.2, 0.25) is 5.02 Å². The van der Waals surface area contributed by atoms with E-state index in [-0.39, 0.29) is 0 Å². The van der Waals surface area contributed by atoms with Crippen molar-refractivity contribution >= 4 is 28.9 Å². The molecule has 1 unspecified atom stereocenters. The van der Waals surface area contributed by atoms with Gasteiger partial charge < -0.3 is 4.90 Å². The highest BCUT2D eigenvalue weighted by atomic mass is 35.5. The van der Waals surface area contributed by atoms with Crippen LogP contribution in [-0.4, -0.2) is 43.0 Å². The number of hydrogen-bond acceptors (Lipinski definition) is 3. The number of piperazine rings is 1. The summed E-state index contributed by atoms with van der Waals surface area (Å²) in [6.45, 7) is 4.38. The molecule has 1 saturated heterocycles. The Labute approximate surface area is 117 Å². The number of alkyl halides is 1. The molecule has 0 bridgehead atoms. The van der Waals surface area contributed by atoms with Crippen LogP contribution in [0.1, 0.15) is 0 Å². The number of nitrogens with zero attached hydrogens (tertiary/aromatic N) is 3. The zero-order valence-corrected chi connectivity index (χ0v) is 11.5. The summed E-state index contributed by atoms with van der Waals surface area (Å²) in [5.41, 5.74) is 1.16. The highest BCUT2D eigenvalue weighted by Crippen LogP contribution is 2.20. The fraction of sp³-hybridized carbons (Fsp3) is 0.462. The summed E-state index contributed by atoms with van der Waals surface area (Å²) < 4.78 is 0. The average molecular weight is 284 g/mol. The van der Waals surface area contributed by atoms with Gasteiger partial charge in [0.05, 0.1) is 6.07 Å². The molecule has 0 radical (unpaired) electrons. The summed E-state index contributed by atoms with van der Waals surface area (Å²) in [6, 6.07) is 9.96. The highest BCUT2D eigenvalue weighted by molar-refractivity contribution is 6.30. The largest absolute Gasteiger partial charge is 0.369 e. The summed E-state index contributed by atoms with van der Waals surface area (Å²) in [7, 11) is 0. The maximum Gasteiger partial charge on any atom is 0.133 e. The van der Waals surface area contributed by atoms with Gasteiger partial charge in [-0.3, -0.25) is 4.90 Å². The molecule has 0 aromatic heterocycles. The van der Waals surface area contributed by atoms with E-state index in [0.717, 1.165) is 36.9 Å². The Morgan fingerprint density at radius 1 is 1.28 bits per heavy atom. The number of hydrogen-bond donors (Lipinski definition) is 0. The van der Waals surface area contributed by atoms with Gasteiger partial charge in [0.15, 0.2) is 0 Å². The van der Waals surface area contributed by atoms with Crippen LogP contribution in [0, 0.1) is 11.3 Å². The summed E-state index contributed by atoms with van der Waals surface area (Å²) in [5, 5.41) is 9.04. The molecule has 1 atom stereocenters. The minimum absolute atomic E-state index is 0.414. The van der Waals surface area contributed by atoms with Crippen molar-refractivity contribution in [1.29, 1.82) is 5.26 Å². The maximum absolute atomic E-state index is 8.69. The first kappa shape index (κ1) is 13.5. The molecule has 1 aromatic carbocycles. The van der Waals surface area contributed by atoms with E-state index in [9.17, 15) is 0 Å². The van der Waals surface area contributed by atoms with E-state index in [4.69, 9.17) is 28.5 Å². The highest BCUT2D eigenvalue weighted by Gasteiger charge is 2.19. The lowest BCUT2D eigenvalue weighted by molar-refractivity contribution is 0.265. The van der Waals surface area contributed by atoms with E-state index >= 15 is 0 Å². The molecule has 0 saturated carbocycles. The molecular formula is C13H15Cl2N3. The molecule has 3 nitrogen and oxygen atoms in total. The van der Waals surface area contributed by atoms with Gasteiger partial charge in [-0.25, -0.2) is 0 Å². The van der Waals surface area contributed by atoms with Gasteiger partial charge in [0, 0.05) is 43.4 Å². The molecule has 1 heterocycles. The van der Waals surface area contributed by atoms with Gasteiger partial charge in [-0.1, -0.05) is 17.7 Å². The molecule has 0 aliphatic carbocycles. The van der Waals surface area contributed by atoms with Crippen LogP contribution in [0.5, 0.6) is 0 Å². The smallest absolute Gasteiger partial charge is 0.133 e. The Bertz CT molecular complexity index is 436. The van der Waals surface area contributed by atoms with Crippen LogP contribution >= 0.6 is 23.2 Å². The van der Waals surface area contributed by atoms with Crippen molar-refractivity contribution in [1.82, 2.24) is 4.90 Å². The first-order valence-corrected chi connectivity index (χ1v) is 6.77. The van der Waals surface area contributed by atoms with Crippen LogP contribution < -0.4 is 4.90 Å². The van der Waals surface area contributed by atoms with Crippen LogP contribution in [0.4, 0.5) is 5.69 Å². The number of halogens is 2. The molecule has 2 rings (SSSR count). The van der Waals surface area contributed by atoms with Crippen LogP contribution in [0.3, 0.4) is 0 Å². The maximum atomic E-state index is 8.69. The standard InChI is InChI=1S/C13H15Cl2N3/c14-11-2-1-3-13(8-11)18-6-4-17(5-7-18)10-12(15)9-16/h1-3,8,12H,4-7,10H2. The molecule has 5 heteroatoms. The second kappa shape index (κ2) is 6.29. The van der Waals surface area contributed by atoms with E-state index in [1.54, 1.807) is 0 Å². The van der Waals surface area contributed by atoms with Crippen molar-refractivity contribution in [2.75, 3.05) is 37.6 Å². The zero-order chi connectivity index (χ0) is 13.0. The first-order valence-electron chi connectivity index (χ1n) is 5.95. The fourth-order valence-electron chi connectivity index (χ4n) is 2.13. The SMILES string of the molecule is N#CC(Cl)CN1CCN(c2cccc(Cl)c2)CC1. The summed E-state index contributed by atoms with van der Waals surface area (Å²) >= 11 is 11.8. The molecule has 1 aliphatic heterocycles. The van der Waals surface area contributed by atoms with Gasteiger partial charge in [-0.15, -0.1) is 11.6 Å². The van der Waals surface area contributed by atoms with Gasteiger partial charge in [0.2, 0.25) is 0 Å². The Balaban J connectivity index is 1.89. The fourth-order valence-corrected chi connectivity index (χ4v) is 2.51. The third kappa shape index (κ3) is 3.52. The minimum Gasteiger partial charge on any atom is -0.369 e. The molecule has 1 aliphatic rings. The monoisotopic (exact) mass is 283 g/mol. The minimum atomic E-state index is -0.414. The topological polar surface area (TPSA) is 30.3 Å². The molecular weight excluding hydrogens is 269 g/mol. The van der Waals surface area contributed by atoms with Crippen molar-refractivity contribution in [3.05, 3.63) is 29.3 Å². The number of anilines is 1. The third-order valence-corrected chi connectivity index (χ3v) is 3.57. The lowest BCUT2D eigenvalue weighted by Gasteiger charge is -2.36. The van der Waals surface area contributed by atoms with E-state index in [2.05, 4.69) is 21.9 Å². The predicted molar refractivity (Wildman–Crippen MR) is 75.4 cm³/mol. The molecule has 0 N–H and O–H groups in total. The summed E-state index contributed by atoms with van der Waals surface area (Å²) in [6.07, 6.45) is 0. The van der Waals surface area contributed by atoms with Crippen molar-refractivity contribution in [3.8, 4) is 6.07 Å². The van der Waals surface area contributed by atoms with Crippen molar-refractivity contribution in [2.24, 2.45) is 0 Å². The lowest BCUT2D eigenvalue weighted by Crippen LogP contribution is -2.47. The molecule has 0 amide bonds. The molecule has 18 heavy (non-hydrogen) atoms. The van der Waals surface area contributed by atoms with Crippen LogP contribution in [-0.2, 0) is 0 Å². The van der Waals surface area contributed by atoms with Gasteiger partial charge >= 0.3 is 0 Å². The molecule has 96 valence electrons. The predicted octanol–water partition coefficient (Wildman–Crippen LogP) is 2.59. The second-order valence-electron chi connectivity index (χ2n) is 4.36. The Morgan fingerprint density at radius 3 is 2.61 bits per heavy atom. The van der Waals surface area contributed by atoms with E-state index < -0.39 is 5.38 Å². The average Bonchev–Trinajstić information content (AvgIpc) is 2.39. The second-order valence-corrected chi connectivity index (χ2v) is 5.33. The first-order chi connectivity index (χ1) is 8.69.